The average Bonchev–Trinajstić information content (AvgIpc) is 2.86. The van der Waals surface area contributed by atoms with Crippen LogP contribution in [0.25, 0.3) is 0 Å². The molecule has 0 spiro atoms. The summed E-state index contributed by atoms with van der Waals surface area (Å²) >= 11 is 12.9. The summed E-state index contributed by atoms with van der Waals surface area (Å²) in [5, 5.41) is 3.56. The summed E-state index contributed by atoms with van der Waals surface area (Å²) in [4.78, 5) is 28.8. The minimum Gasteiger partial charge on any atom is -0.350 e. The number of carbonyl (C=O) groups excluding carboxylic acids is 2. The molecule has 0 aliphatic heterocycles. The highest BCUT2D eigenvalue weighted by atomic mass is 35.5. The van der Waals surface area contributed by atoms with Crippen LogP contribution in [-0.2, 0) is 26.2 Å². The predicted molar refractivity (Wildman–Crippen MR) is 166 cm³/mol. The Morgan fingerprint density at radius 1 is 0.902 bits per heavy atom. The number of hydrogen-bond donors (Lipinski definition) is 1. The molecule has 0 bridgehead atoms. The van der Waals surface area contributed by atoms with Crippen LogP contribution in [0.1, 0.15) is 49.9 Å². The summed E-state index contributed by atoms with van der Waals surface area (Å²) in [5.74, 6) is -0.985. The second-order valence-corrected chi connectivity index (χ2v) is 13.9. The maximum Gasteiger partial charge on any atom is 0.264 e. The lowest BCUT2D eigenvalue weighted by molar-refractivity contribution is -0.140. The molecule has 1 N–H and O–H groups in total. The van der Waals surface area contributed by atoms with Crippen molar-refractivity contribution in [2.75, 3.05) is 10.8 Å². The smallest absolute Gasteiger partial charge is 0.264 e. The van der Waals surface area contributed by atoms with Crippen molar-refractivity contribution in [1.82, 2.24) is 10.2 Å². The first-order valence-electron chi connectivity index (χ1n) is 13.2. The molecular formula is C31H37Cl2N3O4S. The lowest BCUT2D eigenvalue weighted by atomic mass is 10.1. The minimum absolute atomic E-state index is 0.0510. The van der Waals surface area contributed by atoms with E-state index >= 15 is 0 Å². The normalized spacial score (nSPS) is 12.5. The molecule has 220 valence electrons. The van der Waals surface area contributed by atoms with Gasteiger partial charge in [0.2, 0.25) is 11.8 Å². The van der Waals surface area contributed by atoms with Gasteiger partial charge in [0.05, 0.1) is 10.6 Å². The van der Waals surface area contributed by atoms with Crippen LogP contribution in [-0.4, -0.2) is 43.3 Å². The summed E-state index contributed by atoms with van der Waals surface area (Å²) in [7, 11) is -4.17. The van der Waals surface area contributed by atoms with Crippen molar-refractivity contribution in [3.8, 4) is 0 Å². The highest BCUT2D eigenvalue weighted by Gasteiger charge is 2.34. The molecule has 0 aliphatic rings. The average molecular weight is 619 g/mol. The lowest BCUT2D eigenvalue weighted by Crippen LogP contribution is -2.54. The van der Waals surface area contributed by atoms with Gasteiger partial charge in [-0.1, -0.05) is 64.7 Å². The quantitative estimate of drug-likeness (QED) is 0.299. The third-order valence-electron chi connectivity index (χ3n) is 6.56. The fourth-order valence-electron chi connectivity index (χ4n) is 4.35. The zero-order chi connectivity index (χ0) is 30.7. The van der Waals surface area contributed by atoms with Gasteiger partial charge in [0, 0.05) is 27.7 Å². The molecule has 1 unspecified atom stereocenters. The van der Waals surface area contributed by atoms with E-state index in [0.717, 1.165) is 15.4 Å². The van der Waals surface area contributed by atoms with Crippen molar-refractivity contribution < 1.29 is 18.0 Å². The van der Waals surface area contributed by atoms with E-state index in [1.807, 2.05) is 40.7 Å². The van der Waals surface area contributed by atoms with Gasteiger partial charge in [0.25, 0.3) is 10.0 Å². The Hall–Kier alpha value is -3.07. The van der Waals surface area contributed by atoms with E-state index in [9.17, 15) is 18.0 Å². The molecule has 2 amide bonds. The first kappa shape index (κ1) is 32.4. The molecule has 10 heteroatoms. The standard InChI is InChI=1S/C31H37Cl2N3O4S/c1-20-11-14-24(15-12-20)41(39,40)36(28-16-13-21(2)17-22(28)3)19-29(37)35(23(4)30(38)34-31(5,6)7)18-25-26(32)9-8-10-27(25)33/h8-17,23H,18-19H2,1-7H3,(H,34,38). The summed E-state index contributed by atoms with van der Waals surface area (Å²) < 4.78 is 29.2. The highest BCUT2D eigenvalue weighted by Crippen LogP contribution is 2.30. The summed E-state index contributed by atoms with van der Waals surface area (Å²) in [6, 6.07) is 15.8. The summed E-state index contributed by atoms with van der Waals surface area (Å²) in [5.41, 5.74) is 2.81. The molecule has 0 heterocycles. The van der Waals surface area contributed by atoms with Gasteiger partial charge in [-0.05, 0) is 84.4 Å². The molecule has 7 nitrogen and oxygen atoms in total. The van der Waals surface area contributed by atoms with E-state index in [1.54, 1.807) is 56.3 Å². The number of anilines is 1. The Bertz CT molecular complexity index is 1510. The number of amides is 2. The van der Waals surface area contributed by atoms with E-state index in [2.05, 4.69) is 5.32 Å². The first-order valence-corrected chi connectivity index (χ1v) is 15.4. The van der Waals surface area contributed by atoms with Crippen LogP contribution in [0, 0.1) is 20.8 Å². The monoisotopic (exact) mass is 617 g/mol. The Balaban J connectivity index is 2.11. The van der Waals surface area contributed by atoms with Crippen LogP contribution in [0.15, 0.2) is 65.6 Å². The van der Waals surface area contributed by atoms with Crippen molar-refractivity contribution in [2.24, 2.45) is 0 Å². The van der Waals surface area contributed by atoms with Crippen LogP contribution < -0.4 is 9.62 Å². The molecule has 3 aromatic carbocycles. The van der Waals surface area contributed by atoms with Gasteiger partial charge in [-0.3, -0.25) is 13.9 Å². The third kappa shape index (κ3) is 8.03. The topological polar surface area (TPSA) is 86.8 Å². The van der Waals surface area contributed by atoms with Crippen LogP contribution in [0.5, 0.6) is 0 Å². The second kappa shape index (κ2) is 12.8. The molecule has 0 saturated carbocycles. The van der Waals surface area contributed by atoms with Gasteiger partial charge in [0.15, 0.2) is 0 Å². The number of halogens is 2. The Morgan fingerprint density at radius 2 is 1.46 bits per heavy atom. The van der Waals surface area contributed by atoms with Crippen molar-refractivity contribution in [2.45, 2.75) is 71.5 Å². The van der Waals surface area contributed by atoms with Gasteiger partial charge < -0.3 is 10.2 Å². The predicted octanol–water partition coefficient (Wildman–Crippen LogP) is 6.45. The van der Waals surface area contributed by atoms with E-state index in [4.69, 9.17) is 23.2 Å². The van der Waals surface area contributed by atoms with Gasteiger partial charge >= 0.3 is 0 Å². The molecule has 3 aromatic rings. The van der Waals surface area contributed by atoms with Crippen LogP contribution in [0.2, 0.25) is 10.0 Å². The van der Waals surface area contributed by atoms with Gasteiger partial charge in [-0.15, -0.1) is 0 Å². The lowest BCUT2D eigenvalue weighted by Gasteiger charge is -2.34. The first-order chi connectivity index (χ1) is 19.0. The maximum atomic E-state index is 14.1. The molecular weight excluding hydrogens is 581 g/mol. The molecule has 41 heavy (non-hydrogen) atoms. The summed E-state index contributed by atoms with van der Waals surface area (Å²) in [6.07, 6.45) is 0. The van der Waals surface area contributed by atoms with Gasteiger partial charge in [-0.25, -0.2) is 8.42 Å². The molecule has 0 aliphatic carbocycles. The zero-order valence-electron chi connectivity index (χ0n) is 24.5. The summed E-state index contributed by atoms with van der Waals surface area (Å²) in [6.45, 7) is 12.0. The number of aryl methyl sites for hydroxylation is 3. The number of carbonyl (C=O) groups is 2. The fraction of sp³-hybridized carbons (Fsp3) is 0.355. The van der Waals surface area contributed by atoms with Crippen molar-refractivity contribution in [1.29, 1.82) is 0 Å². The third-order valence-corrected chi connectivity index (χ3v) is 9.05. The van der Waals surface area contributed by atoms with Crippen LogP contribution in [0.4, 0.5) is 5.69 Å². The zero-order valence-corrected chi connectivity index (χ0v) is 26.8. The Morgan fingerprint density at radius 3 is 2.00 bits per heavy atom. The van der Waals surface area contributed by atoms with Crippen molar-refractivity contribution >= 4 is 50.7 Å². The second-order valence-electron chi connectivity index (χ2n) is 11.3. The number of nitrogens with one attached hydrogen (secondary N) is 1. The molecule has 1 atom stereocenters. The Kier molecular flexibility index (Phi) is 10.2. The number of benzene rings is 3. The van der Waals surface area contributed by atoms with Gasteiger partial charge in [-0.2, -0.15) is 0 Å². The van der Waals surface area contributed by atoms with E-state index in [0.29, 0.717) is 26.9 Å². The fourth-order valence-corrected chi connectivity index (χ4v) is 6.34. The van der Waals surface area contributed by atoms with E-state index in [-0.39, 0.29) is 11.4 Å². The highest BCUT2D eigenvalue weighted by molar-refractivity contribution is 7.92. The molecule has 3 rings (SSSR count). The minimum atomic E-state index is -4.17. The van der Waals surface area contributed by atoms with Crippen molar-refractivity contribution in [3.63, 3.8) is 0 Å². The number of hydrogen-bond acceptors (Lipinski definition) is 4. The van der Waals surface area contributed by atoms with Crippen LogP contribution >= 0.6 is 23.2 Å². The molecule has 0 radical (unpaired) electrons. The molecule has 0 fully saturated rings. The molecule has 0 aromatic heterocycles. The van der Waals surface area contributed by atoms with E-state index in [1.165, 1.54) is 17.0 Å². The number of nitrogens with zero attached hydrogens (tertiary/aromatic N) is 2. The van der Waals surface area contributed by atoms with Gasteiger partial charge in [0.1, 0.15) is 12.6 Å². The number of sulfonamides is 1. The molecule has 0 saturated heterocycles. The SMILES string of the molecule is Cc1ccc(S(=O)(=O)N(CC(=O)N(Cc2c(Cl)cccc2Cl)C(C)C(=O)NC(C)(C)C)c2ccc(C)cc2C)cc1. The maximum absolute atomic E-state index is 14.1. The number of rotatable bonds is 9. The van der Waals surface area contributed by atoms with E-state index < -0.39 is 40.0 Å². The Labute approximate surface area is 253 Å². The largest absolute Gasteiger partial charge is 0.350 e. The van der Waals surface area contributed by atoms with Crippen molar-refractivity contribution in [3.05, 3.63) is 93.0 Å². The van der Waals surface area contributed by atoms with Crippen LogP contribution in [0.3, 0.4) is 0 Å².